The van der Waals surface area contributed by atoms with Crippen molar-refractivity contribution in [2.75, 3.05) is 83.9 Å². The van der Waals surface area contributed by atoms with E-state index in [2.05, 4.69) is 47.3 Å². The Morgan fingerprint density at radius 1 is 0.312 bits per heavy atom. The number of pyridine rings is 5. The summed E-state index contributed by atoms with van der Waals surface area (Å²) in [6.07, 6.45) is 25.7. The highest BCUT2D eigenvalue weighted by molar-refractivity contribution is 6.31. The molecule has 0 radical (unpaired) electrons. The Morgan fingerprint density at radius 2 is 0.596 bits per heavy atom. The number of benzene rings is 5. The summed E-state index contributed by atoms with van der Waals surface area (Å²) in [6, 6.07) is 47.4. The fourth-order valence-corrected chi connectivity index (χ4v) is 15.3. The summed E-state index contributed by atoms with van der Waals surface area (Å²) >= 11 is 23.9. The number of nitrogens with one attached hydrogen (secondary N) is 1. The van der Waals surface area contributed by atoms with E-state index in [1.54, 1.807) is 24.5 Å². The zero-order chi connectivity index (χ0) is 74.0. The minimum atomic E-state index is -0.247. The maximum absolute atomic E-state index is 13.2. The lowest BCUT2D eigenvalue weighted by Gasteiger charge is -2.26. The molecular weight excluding hydrogens is 1460 g/mol. The number of anilines is 1. The van der Waals surface area contributed by atoms with Crippen molar-refractivity contribution in [3.8, 4) is 28.4 Å². The minimum Gasteiger partial charge on any atom is -0.381 e. The molecule has 1 atom stereocenters. The summed E-state index contributed by atoms with van der Waals surface area (Å²) in [5, 5.41) is 36.3. The van der Waals surface area contributed by atoms with Crippen molar-refractivity contribution < 1.29 is 23.3 Å². The van der Waals surface area contributed by atoms with E-state index in [9.17, 15) is 4.39 Å². The van der Waals surface area contributed by atoms with Gasteiger partial charge in [0, 0.05) is 148 Å². The highest BCUT2D eigenvalue weighted by Gasteiger charge is 2.28. The second-order valence-electron chi connectivity index (χ2n) is 27.2. The van der Waals surface area contributed by atoms with Gasteiger partial charge in [-0.3, -0.25) is 24.9 Å². The van der Waals surface area contributed by atoms with Crippen molar-refractivity contribution in [2.45, 2.75) is 68.6 Å². The summed E-state index contributed by atoms with van der Waals surface area (Å²) in [5.74, 6) is 2.47. The van der Waals surface area contributed by atoms with E-state index in [1.807, 2.05) is 188 Å². The monoisotopic (exact) mass is 1540 g/mol. The van der Waals surface area contributed by atoms with E-state index >= 15 is 0 Å². The number of halogens is 5. The van der Waals surface area contributed by atoms with Crippen molar-refractivity contribution in [1.29, 1.82) is 0 Å². The van der Waals surface area contributed by atoms with Gasteiger partial charge in [-0.05, 0) is 210 Å². The number of aromatic nitrogens is 15. The van der Waals surface area contributed by atoms with Crippen molar-refractivity contribution in [2.24, 2.45) is 0 Å². The summed E-state index contributed by atoms with van der Waals surface area (Å²) in [7, 11) is 0. The van der Waals surface area contributed by atoms with E-state index in [1.165, 1.54) is 28.6 Å². The van der Waals surface area contributed by atoms with E-state index in [0.29, 0.717) is 28.7 Å². The first-order chi connectivity index (χ1) is 53.6. The first-order valence-corrected chi connectivity index (χ1v) is 38.3. The topological polar surface area (TPSA) is 206 Å². The lowest BCUT2D eigenvalue weighted by atomic mass is 9.93. The molecule has 5 fully saturated rings. The van der Waals surface area contributed by atoms with Gasteiger partial charge in [-0.15, -0.1) is 5.10 Å². The molecule has 5 aliphatic rings. The molecule has 109 heavy (non-hydrogen) atoms. The number of morpholine rings is 1. The zero-order valence-corrected chi connectivity index (χ0v) is 62.7. The minimum absolute atomic E-state index is 0.247. The maximum Gasteiger partial charge on any atom is 0.159 e. The number of ether oxygens (including phenoxy) is 4. The fourth-order valence-electron chi connectivity index (χ4n) is 14.8. The number of hydrogen-bond acceptors (Lipinski definition) is 16. The van der Waals surface area contributed by atoms with Gasteiger partial charge in [-0.2, -0.15) is 20.4 Å². The molecule has 15 heterocycles. The van der Waals surface area contributed by atoms with Crippen LogP contribution in [0.3, 0.4) is 0 Å². The molecule has 5 aromatic carbocycles. The van der Waals surface area contributed by atoms with Gasteiger partial charge in [0.05, 0.1) is 130 Å². The number of nitrogens with zero attached hydrogens (tertiary/aromatic N) is 16. The van der Waals surface area contributed by atoms with Gasteiger partial charge in [0.2, 0.25) is 0 Å². The van der Waals surface area contributed by atoms with Crippen LogP contribution in [0.25, 0.3) is 83.0 Å². The lowest BCUT2D eigenvalue weighted by molar-refractivity contribution is 0.0846. The van der Waals surface area contributed by atoms with Crippen molar-refractivity contribution >= 4 is 107 Å². The van der Waals surface area contributed by atoms with E-state index in [0.717, 1.165) is 234 Å². The molecule has 15 aromatic rings. The van der Waals surface area contributed by atoms with Crippen LogP contribution in [-0.2, 0) is 18.9 Å². The molecule has 0 spiro atoms. The summed E-state index contributed by atoms with van der Waals surface area (Å²) < 4.78 is 44.7. The van der Waals surface area contributed by atoms with Crippen LogP contribution in [-0.4, -0.2) is 153 Å². The second kappa shape index (κ2) is 34.2. The zero-order valence-electron chi connectivity index (χ0n) is 59.6. The summed E-state index contributed by atoms with van der Waals surface area (Å²) in [5.41, 5.74) is 14.4. The van der Waals surface area contributed by atoms with Crippen LogP contribution in [0, 0.1) is 5.82 Å². The molecule has 0 saturated carbocycles. The smallest absolute Gasteiger partial charge is 0.159 e. The third-order valence-electron chi connectivity index (χ3n) is 20.4. The first-order valence-electron chi connectivity index (χ1n) is 36.8. The van der Waals surface area contributed by atoms with Crippen molar-refractivity contribution in [3.05, 3.63) is 262 Å². The lowest BCUT2D eigenvalue weighted by Crippen LogP contribution is -2.36. The van der Waals surface area contributed by atoms with Crippen LogP contribution in [0.1, 0.15) is 91.4 Å². The molecule has 10 aromatic heterocycles. The molecule has 554 valence electrons. The Balaban J connectivity index is 0.000000104. The average Bonchev–Trinajstić information content (AvgIpc) is 1.66. The molecule has 0 bridgehead atoms. The molecule has 26 heteroatoms. The fraction of sp³-hybridized carbons (Fsp3) is 0.277. The van der Waals surface area contributed by atoms with Crippen molar-refractivity contribution in [1.82, 2.24) is 79.1 Å². The molecule has 1 N–H and O–H groups in total. The number of rotatable bonds is 10. The Morgan fingerprint density at radius 3 is 0.945 bits per heavy atom. The van der Waals surface area contributed by atoms with Crippen LogP contribution in [0.2, 0.25) is 20.1 Å². The Bertz CT molecular complexity index is 4990. The Hall–Kier alpha value is -10.1. The molecule has 0 aliphatic carbocycles. The van der Waals surface area contributed by atoms with Gasteiger partial charge in [-0.25, -0.2) is 27.8 Å². The quantitative estimate of drug-likeness (QED) is 0.135. The SMILES string of the molecule is Clc1ccc(-n2nc(C3CCNCC3)c3ccncc32)cc1.Clc1ccc(-n2nc(C3CCOC3)c3ccncc32)cc1.Clc1ccc(-n2nc(C3CCOCC3)c3ccncc32)cc1.Clc1ccc(-n2nc(N3CCOCC3)c3ccncc32)cc1.Fc1ccc(-n2nc(C3CCOCC3)c3ccncc32)cc1. The van der Waals surface area contributed by atoms with Gasteiger partial charge >= 0.3 is 0 Å². The summed E-state index contributed by atoms with van der Waals surface area (Å²) in [6.45, 7) is 10.0. The number of hydrogen-bond donors (Lipinski definition) is 1. The predicted octanol–water partition coefficient (Wildman–Crippen LogP) is 17.5. The van der Waals surface area contributed by atoms with Crippen LogP contribution in [0.5, 0.6) is 0 Å². The highest BCUT2D eigenvalue weighted by atomic mass is 35.5. The van der Waals surface area contributed by atoms with Gasteiger partial charge in [0.25, 0.3) is 0 Å². The molecule has 21 nitrogen and oxygen atoms in total. The van der Waals surface area contributed by atoms with E-state index < -0.39 is 0 Å². The molecule has 1 unspecified atom stereocenters. The number of piperidine rings is 1. The van der Waals surface area contributed by atoms with E-state index in [4.69, 9.17) is 90.8 Å². The van der Waals surface area contributed by atoms with E-state index in [-0.39, 0.29) is 5.82 Å². The molecule has 20 rings (SSSR count). The van der Waals surface area contributed by atoms with Crippen LogP contribution >= 0.6 is 46.4 Å². The van der Waals surface area contributed by atoms with Crippen molar-refractivity contribution in [3.63, 3.8) is 0 Å². The van der Waals surface area contributed by atoms with Gasteiger partial charge < -0.3 is 29.2 Å². The maximum atomic E-state index is 13.2. The molecule has 0 amide bonds. The average molecular weight is 1540 g/mol. The Kier molecular flexibility index (Phi) is 22.9. The highest BCUT2D eigenvalue weighted by Crippen LogP contribution is 2.38. The van der Waals surface area contributed by atoms with Gasteiger partial charge in [-0.1, -0.05) is 46.4 Å². The third-order valence-corrected chi connectivity index (χ3v) is 21.4. The normalized spacial score (nSPS) is 16.5. The van der Waals surface area contributed by atoms with Crippen LogP contribution < -0.4 is 10.2 Å². The molecular formula is C83H78Cl4FN17O4. The van der Waals surface area contributed by atoms with Crippen LogP contribution in [0.15, 0.2) is 214 Å². The van der Waals surface area contributed by atoms with Gasteiger partial charge in [0.1, 0.15) is 5.82 Å². The first kappa shape index (κ1) is 73.1. The largest absolute Gasteiger partial charge is 0.381 e. The predicted molar refractivity (Wildman–Crippen MR) is 426 cm³/mol. The Labute approximate surface area is 648 Å². The molecule has 5 aliphatic heterocycles. The summed E-state index contributed by atoms with van der Waals surface area (Å²) in [4.78, 5) is 23.5. The standard InChI is InChI=1S/C17H17ClN4.C17H16ClN3O.C17H16FN3O.C16H15ClN4O.C16H14ClN3O/c18-13-1-3-14(4-2-13)22-16-11-20-10-7-15(16)17(21-22)12-5-8-19-9-6-12;2*18-13-1-3-14(4-2-13)21-16-11-19-8-5-15(16)17(20-21)12-6-9-22-10-7-12;17-12-1-3-13(4-2-12)21-15-11-18-6-5-14(15)16(19-21)20-7-9-22-10-8-20;17-12-1-3-13(4-2-12)20-15-9-18-7-5-14(15)16(19-20)11-6-8-21-10-11/h1-4,7,10-12,19H,5-6,8-9H2;2*1-5,8,11-12H,6-7,9-10H2;1-6,11H,7-10H2;1-5,7,9,11H,6,8,10H2. The van der Waals surface area contributed by atoms with Gasteiger partial charge in [0.15, 0.2) is 5.82 Å². The second-order valence-corrected chi connectivity index (χ2v) is 29.0. The molecule has 5 saturated heterocycles. The number of fused-ring (bicyclic) bond motifs is 5. The third kappa shape index (κ3) is 16.5. The van der Waals surface area contributed by atoms with Crippen LogP contribution in [0.4, 0.5) is 10.2 Å².